The fraction of sp³-hybridized carbons (Fsp3) is 0.632. The van der Waals surface area contributed by atoms with Gasteiger partial charge in [-0.15, -0.1) is 0 Å². The molecule has 1 aromatic carbocycles. The lowest BCUT2D eigenvalue weighted by Crippen LogP contribution is -2.41. The van der Waals surface area contributed by atoms with Crippen LogP contribution in [0.1, 0.15) is 50.7 Å². The lowest BCUT2D eigenvalue weighted by molar-refractivity contribution is -0.126. The summed E-state index contributed by atoms with van der Waals surface area (Å²) < 4.78 is 5.16. The molecule has 5 heteroatoms. The van der Waals surface area contributed by atoms with Gasteiger partial charge >= 0.3 is 0 Å². The van der Waals surface area contributed by atoms with Crippen molar-refractivity contribution in [3.63, 3.8) is 0 Å². The molecule has 4 rings (SSSR count). The first-order valence-electron chi connectivity index (χ1n) is 8.84. The second kappa shape index (κ2) is 5.38. The first-order chi connectivity index (χ1) is 11.4. The highest BCUT2D eigenvalue weighted by Crippen LogP contribution is 2.61. The molecule has 0 radical (unpaired) electrons. The number of amides is 1. The molecule has 2 fully saturated rings. The molecule has 1 spiro atoms. The molecule has 0 aromatic heterocycles. The van der Waals surface area contributed by atoms with Gasteiger partial charge in [0.1, 0.15) is 0 Å². The average Bonchev–Trinajstić information content (AvgIpc) is 3.32. The number of aliphatic hydroxyl groups is 1. The number of hydrogen-bond acceptors (Lipinski definition) is 4. The van der Waals surface area contributed by atoms with E-state index in [1.165, 1.54) is 32.4 Å². The number of nitrogens with one attached hydrogen (secondary N) is 1. The van der Waals surface area contributed by atoms with Gasteiger partial charge in [0.15, 0.2) is 11.5 Å². The van der Waals surface area contributed by atoms with Gasteiger partial charge in [-0.05, 0) is 55.4 Å². The quantitative estimate of drug-likeness (QED) is 0.738. The van der Waals surface area contributed by atoms with E-state index in [0.717, 1.165) is 12.8 Å². The van der Waals surface area contributed by atoms with Crippen LogP contribution in [0.2, 0.25) is 0 Å². The van der Waals surface area contributed by atoms with Crippen LogP contribution in [0.4, 0.5) is 5.69 Å². The Bertz CT molecular complexity index is 682. The third kappa shape index (κ3) is 2.37. The van der Waals surface area contributed by atoms with Crippen LogP contribution in [0.15, 0.2) is 12.1 Å². The van der Waals surface area contributed by atoms with Crippen molar-refractivity contribution in [2.75, 3.05) is 12.4 Å². The van der Waals surface area contributed by atoms with E-state index in [4.69, 9.17) is 4.74 Å². The predicted octanol–water partition coefficient (Wildman–Crippen LogP) is 3.22. The number of aliphatic hydroxyl groups excluding tert-OH is 1. The number of aromatic hydroxyl groups is 1. The van der Waals surface area contributed by atoms with Gasteiger partial charge in [0.05, 0.1) is 18.9 Å². The van der Waals surface area contributed by atoms with Crippen molar-refractivity contribution in [3.8, 4) is 11.5 Å². The van der Waals surface area contributed by atoms with Crippen LogP contribution in [0, 0.1) is 23.2 Å². The van der Waals surface area contributed by atoms with Crippen molar-refractivity contribution in [2.45, 2.75) is 45.1 Å². The number of methoxy groups -OCH3 is 1. The first kappa shape index (κ1) is 15.8. The number of benzene rings is 1. The van der Waals surface area contributed by atoms with Gasteiger partial charge in [0.25, 0.3) is 0 Å². The molecule has 4 unspecified atom stereocenters. The van der Waals surface area contributed by atoms with E-state index in [9.17, 15) is 15.0 Å². The van der Waals surface area contributed by atoms with Crippen LogP contribution >= 0.6 is 0 Å². The Kier molecular flexibility index (Phi) is 3.53. The van der Waals surface area contributed by atoms with Gasteiger partial charge in [-0.3, -0.25) is 4.79 Å². The minimum Gasteiger partial charge on any atom is -0.504 e. The first-order valence-corrected chi connectivity index (χ1v) is 8.84. The van der Waals surface area contributed by atoms with Gasteiger partial charge in [-0.1, -0.05) is 6.92 Å². The number of carbonyl (C=O) groups excluding carboxylic acids is 1. The molecule has 130 valence electrons. The molecular formula is C19H25NO4. The average molecular weight is 331 g/mol. The minimum absolute atomic E-state index is 0.00912. The molecule has 4 atom stereocenters. The van der Waals surface area contributed by atoms with Crippen molar-refractivity contribution >= 4 is 11.6 Å². The molecule has 3 N–H and O–H groups in total. The van der Waals surface area contributed by atoms with E-state index in [1.807, 2.05) is 6.92 Å². The summed E-state index contributed by atoms with van der Waals surface area (Å²) in [6.45, 7) is 2.04. The van der Waals surface area contributed by atoms with E-state index >= 15 is 0 Å². The van der Waals surface area contributed by atoms with Gasteiger partial charge in [0.2, 0.25) is 5.91 Å². The number of phenolic OH excluding ortho intramolecular Hbond substituents is 1. The maximum Gasteiger partial charge on any atom is 0.227 e. The third-order valence-corrected chi connectivity index (χ3v) is 6.57. The molecule has 2 aliphatic carbocycles. The monoisotopic (exact) mass is 331 g/mol. The zero-order valence-electron chi connectivity index (χ0n) is 14.2. The normalized spacial score (nSPS) is 33.7. The summed E-state index contributed by atoms with van der Waals surface area (Å²) in [5.74, 6) is 0.436. The fourth-order valence-electron chi connectivity index (χ4n) is 4.78. The summed E-state index contributed by atoms with van der Waals surface area (Å²) in [4.78, 5) is 12.9. The van der Waals surface area contributed by atoms with E-state index in [1.54, 1.807) is 6.07 Å². The highest BCUT2D eigenvalue weighted by Gasteiger charge is 2.52. The number of phenols is 1. The summed E-state index contributed by atoms with van der Waals surface area (Å²) >= 11 is 0. The van der Waals surface area contributed by atoms with Gasteiger partial charge in [-0.25, -0.2) is 0 Å². The molecule has 2 saturated carbocycles. The minimum atomic E-state index is -0.684. The van der Waals surface area contributed by atoms with E-state index in [-0.39, 0.29) is 29.4 Å². The van der Waals surface area contributed by atoms with E-state index < -0.39 is 6.10 Å². The van der Waals surface area contributed by atoms with Crippen LogP contribution in [-0.2, 0) is 4.79 Å². The number of anilines is 1. The molecular weight excluding hydrogens is 306 g/mol. The standard InChI is InChI=1S/C19H25NO4/c1-10-11-3-4-19(5-6-19)9-13(11)18(23)20-14-8-15(21)16(24-2)7-12(14)17(10)22/h7-8,10-11,13,17,21-22H,3-6,9H2,1-2H3,(H,20,23). The lowest BCUT2D eigenvalue weighted by Gasteiger charge is -2.42. The SMILES string of the molecule is COc1cc2c(cc1O)NC(=O)C1CC3(CCC1C(C)C2O)CC3. The fourth-order valence-corrected chi connectivity index (χ4v) is 4.78. The summed E-state index contributed by atoms with van der Waals surface area (Å²) in [6, 6.07) is 3.12. The number of fused-ring (bicyclic) bond motifs is 2. The maximum absolute atomic E-state index is 12.9. The molecule has 1 aromatic rings. The smallest absolute Gasteiger partial charge is 0.227 e. The summed E-state index contributed by atoms with van der Waals surface area (Å²) in [5.41, 5.74) is 1.50. The zero-order valence-corrected chi connectivity index (χ0v) is 14.2. The van der Waals surface area contributed by atoms with Crippen LogP contribution in [0.25, 0.3) is 0 Å². The Hall–Kier alpha value is -1.75. The second-order valence-corrected chi connectivity index (χ2v) is 7.92. The van der Waals surface area contributed by atoms with E-state index in [2.05, 4.69) is 5.32 Å². The zero-order chi connectivity index (χ0) is 17.1. The number of rotatable bonds is 1. The molecule has 5 nitrogen and oxygen atoms in total. The summed E-state index contributed by atoms with van der Waals surface area (Å²) in [5, 5.41) is 23.9. The van der Waals surface area contributed by atoms with Crippen molar-refractivity contribution in [1.29, 1.82) is 0 Å². The summed E-state index contributed by atoms with van der Waals surface area (Å²) in [7, 11) is 1.48. The van der Waals surface area contributed by atoms with Crippen molar-refractivity contribution in [2.24, 2.45) is 23.2 Å². The highest BCUT2D eigenvalue weighted by atomic mass is 16.5. The van der Waals surface area contributed by atoms with Crippen LogP contribution < -0.4 is 10.1 Å². The molecule has 0 saturated heterocycles. The number of carbonyl (C=O) groups is 1. The van der Waals surface area contributed by atoms with Crippen LogP contribution in [-0.4, -0.2) is 23.2 Å². The van der Waals surface area contributed by atoms with Gasteiger partial charge in [-0.2, -0.15) is 0 Å². The predicted molar refractivity (Wildman–Crippen MR) is 89.9 cm³/mol. The number of ether oxygens (including phenoxy) is 1. The molecule has 1 aliphatic heterocycles. The van der Waals surface area contributed by atoms with Gasteiger partial charge < -0.3 is 20.3 Å². The molecule has 0 bridgehead atoms. The van der Waals surface area contributed by atoms with Crippen LogP contribution in [0.3, 0.4) is 0 Å². The maximum atomic E-state index is 12.9. The summed E-state index contributed by atoms with van der Waals surface area (Å²) in [6.07, 6.45) is 4.88. The van der Waals surface area contributed by atoms with Crippen molar-refractivity contribution in [1.82, 2.24) is 0 Å². The number of hydrogen-bond donors (Lipinski definition) is 3. The van der Waals surface area contributed by atoms with Crippen LogP contribution in [0.5, 0.6) is 11.5 Å². The topological polar surface area (TPSA) is 78.8 Å². The Morgan fingerprint density at radius 2 is 2.04 bits per heavy atom. The lowest BCUT2D eigenvalue weighted by atomic mass is 9.65. The Morgan fingerprint density at radius 1 is 1.29 bits per heavy atom. The largest absolute Gasteiger partial charge is 0.504 e. The Labute approximate surface area is 142 Å². The molecule has 1 heterocycles. The van der Waals surface area contributed by atoms with Gasteiger partial charge in [0, 0.05) is 17.5 Å². The van der Waals surface area contributed by atoms with E-state index in [0.29, 0.717) is 22.4 Å². The Balaban J connectivity index is 1.75. The molecule has 24 heavy (non-hydrogen) atoms. The molecule has 1 amide bonds. The molecule has 3 aliphatic rings. The second-order valence-electron chi connectivity index (χ2n) is 7.92. The van der Waals surface area contributed by atoms with Crippen molar-refractivity contribution < 1.29 is 19.7 Å². The Morgan fingerprint density at radius 3 is 2.71 bits per heavy atom. The third-order valence-electron chi connectivity index (χ3n) is 6.57. The van der Waals surface area contributed by atoms with Crippen molar-refractivity contribution in [3.05, 3.63) is 17.7 Å². The highest BCUT2D eigenvalue weighted by molar-refractivity contribution is 5.94.